The summed E-state index contributed by atoms with van der Waals surface area (Å²) < 4.78 is 48.4. The molecule has 0 saturated heterocycles. The van der Waals surface area contributed by atoms with Crippen LogP contribution in [-0.2, 0) is 37.9 Å². The van der Waals surface area contributed by atoms with E-state index in [-0.39, 0.29) is 87.6 Å². The van der Waals surface area contributed by atoms with E-state index in [4.69, 9.17) is 42.9 Å². The van der Waals surface area contributed by atoms with Crippen LogP contribution in [0.1, 0.15) is 189 Å². The molecule has 11 atom stereocenters. The summed E-state index contributed by atoms with van der Waals surface area (Å²) >= 11 is 0. The number of para-hydroxylation sites is 1. The Morgan fingerprint density at radius 1 is 0.541 bits per heavy atom. The molecule has 2 aromatic rings. The van der Waals surface area contributed by atoms with Crippen LogP contribution >= 0.6 is 0 Å². The maximum Gasteiger partial charge on any atom is 0.268 e. The second-order valence-electron chi connectivity index (χ2n) is 21.0. The van der Waals surface area contributed by atoms with Gasteiger partial charge in [-0.25, -0.2) is 14.6 Å². The van der Waals surface area contributed by atoms with Crippen molar-refractivity contribution in [1.82, 2.24) is 20.0 Å². The highest BCUT2D eigenvalue weighted by atomic mass is 16.6. The summed E-state index contributed by atoms with van der Waals surface area (Å²) in [4.78, 5) is 33.4. The van der Waals surface area contributed by atoms with E-state index < -0.39 is 29.8 Å². The zero-order valence-electron chi connectivity index (χ0n) is 47.8. The van der Waals surface area contributed by atoms with Gasteiger partial charge < -0.3 is 53.2 Å². The molecule has 74 heavy (non-hydrogen) atoms. The number of aliphatic hydroxyl groups is 3. The van der Waals surface area contributed by atoms with Gasteiger partial charge in [-0.05, 0) is 87.8 Å². The number of hydrazine groups is 1. The van der Waals surface area contributed by atoms with Crippen LogP contribution in [0.4, 0.5) is 0 Å². The van der Waals surface area contributed by atoms with E-state index in [2.05, 4.69) is 12.3 Å². The fraction of sp³-hybridized carbons (Fsp3) is 0.842. The first kappa shape index (κ1) is 67.6. The Morgan fingerprint density at radius 3 is 1.35 bits per heavy atom. The van der Waals surface area contributed by atoms with Gasteiger partial charge in [0.05, 0.1) is 131 Å². The van der Waals surface area contributed by atoms with Crippen LogP contribution in [0.3, 0.4) is 0 Å². The van der Waals surface area contributed by atoms with E-state index in [0.29, 0.717) is 56.9 Å². The van der Waals surface area contributed by atoms with Gasteiger partial charge in [0.1, 0.15) is 11.9 Å². The number of hydrogen-bond donors (Lipinski definition) is 4. The zero-order chi connectivity index (χ0) is 54.7. The first-order chi connectivity index (χ1) is 35.4. The normalized spacial score (nSPS) is 16.7. The fourth-order valence-electron chi connectivity index (χ4n) is 8.07. The van der Waals surface area contributed by atoms with E-state index in [1.807, 2.05) is 55.4 Å². The van der Waals surface area contributed by atoms with E-state index in [0.717, 1.165) is 30.3 Å². The lowest BCUT2D eigenvalue weighted by atomic mass is 10.0. The van der Waals surface area contributed by atoms with Crippen molar-refractivity contribution in [3.05, 3.63) is 40.4 Å². The molecule has 17 heteroatoms. The predicted molar refractivity (Wildman–Crippen MR) is 293 cm³/mol. The molecular formula is C57H104N4O13. The lowest BCUT2D eigenvalue weighted by Crippen LogP contribution is -2.50. The second kappa shape index (κ2) is 40.7. The summed E-state index contributed by atoms with van der Waals surface area (Å²) in [6, 6.07) is 6.93. The SMILES string of the molecule is CCCCCCCCCCCCCCCCC(O)c1nc2ccccc2c(=O)n1C(=O)CN(CC(C)OCC(C)OCC(C)OCC(C)OCC(C)O)NCC(C)OCC(C)OCC(C)OCC(C)OCC(C)O. The van der Waals surface area contributed by atoms with Crippen molar-refractivity contribution < 1.29 is 58.0 Å². The lowest BCUT2D eigenvalue weighted by molar-refractivity contribution is -0.0946. The third kappa shape index (κ3) is 31.7. The van der Waals surface area contributed by atoms with Gasteiger partial charge >= 0.3 is 0 Å². The number of rotatable bonds is 47. The van der Waals surface area contributed by atoms with E-state index in [1.165, 1.54) is 64.2 Å². The number of nitrogens with zero attached hydrogens (tertiary/aromatic N) is 3. The topological polar surface area (TPSA) is 202 Å². The Bertz CT molecular complexity index is 1770. The van der Waals surface area contributed by atoms with Crippen LogP contribution in [0.2, 0.25) is 0 Å². The number of carbonyl (C=O) groups is 1. The lowest BCUT2D eigenvalue weighted by Gasteiger charge is -2.29. The first-order valence-electron chi connectivity index (χ1n) is 28.4. The molecule has 0 aliphatic heterocycles. The highest BCUT2D eigenvalue weighted by Crippen LogP contribution is 2.21. The second-order valence-corrected chi connectivity index (χ2v) is 21.0. The smallest absolute Gasteiger partial charge is 0.268 e. The molecule has 2 rings (SSSR count). The Balaban J connectivity index is 2.08. The Kier molecular flexibility index (Phi) is 37.2. The summed E-state index contributed by atoms with van der Waals surface area (Å²) in [6.07, 6.45) is 13.4. The number of nitrogens with one attached hydrogen (secondary N) is 1. The maximum absolute atomic E-state index is 14.5. The molecule has 17 nitrogen and oxygen atoms in total. The molecule has 0 amide bonds. The minimum atomic E-state index is -1.11. The van der Waals surface area contributed by atoms with Gasteiger partial charge in [-0.2, -0.15) is 0 Å². The molecule has 0 fully saturated rings. The molecule has 0 aliphatic carbocycles. The van der Waals surface area contributed by atoms with Crippen LogP contribution in [0.25, 0.3) is 10.9 Å². The average Bonchev–Trinajstić information content (AvgIpc) is 3.37. The summed E-state index contributed by atoms with van der Waals surface area (Å²) in [6.45, 7) is 23.9. The van der Waals surface area contributed by atoms with Crippen LogP contribution in [0.5, 0.6) is 0 Å². The number of fused-ring (bicyclic) bond motifs is 1. The summed E-state index contributed by atoms with van der Waals surface area (Å²) in [5.41, 5.74) is 3.29. The Hall–Kier alpha value is -2.49. The van der Waals surface area contributed by atoms with Crippen LogP contribution in [0, 0.1) is 0 Å². The molecule has 430 valence electrons. The molecule has 0 bridgehead atoms. The Labute approximate surface area is 446 Å². The van der Waals surface area contributed by atoms with Crippen LogP contribution in [0.15, 0.2) is 29.1 Å². The number of hydrogen-bond acceptors (Lipinski definition) is 16. The van der Waals surface area contributed by atoms with Crippen molar-refractivity contribution in [3.63, 3.8) is 0 Å². The molecule has 0 aliphatic rings. The quantitative estimate of drug-likeness (QED) is 0.0362. The molecule has 0 spiro atoms. The molecule has 1 heterocycles. The molecular weight excluding hydrogens is 949 g/mol. The van der Waals surface area contributed by atoms with E-state index >= 15 is 0 Å². The van der Waals surface area contributed by atoms with Crippen molar-refractivity contribution in [2.24, 2.45) is 0 Å². The van der Waals surface area contributed by atoms with Gasteiger partial charge in [0.15, 0.2) is 0 Å². The number of aromatic nitrogens is 2. The predicted octanol–water partition coefficient (Wildman–Crippen LogP) is 8.75. The molecule has 11 unspecified atom stereocenters. The number of aliphatic hydroxyl groups excluding tert-OH is 3. The minimum absolute atomic E-state index is 0.0492. The van der Waals surface area contributed by atoms with Crippen molar-refractivity contribution in [1.29, 1.82) is 0 Å². The third-order valence-electron chi connectivity index (χ3n) is 12.5. The highest BCUT2D eigenvalue weighted by Gasteiger charge is 2.26. The molecule has 1 aromatic heterocycles. The minimum Gasteiger partial charge on any atom is -0.391 e. The van der Waals surface area contributed by atoms with Crippen LogP contribution < -0.4 is 11.0 Å². The van der Waals surface area contributed by atoms with Crippen molar-refractivity contribution in [2.75, 3.05) is 72.5 Å². The number of ether oxygens (including phenoxy) is 8. The van der Waals surface area contributed by atoms with Crippen molar-refractivity contribution in [3.8, 4) is 0 Å². The third-order valence-corrected chi connectivity index (χ3v) is 12.5. The largest absolute Gasteiger partial charge is 0.391 e. The standard InChI is InChI=1S/C57H104N4O13/c1-12-13-14-15-16-17-18-19-20-21-22-23-24-25-30-54(64)56-59-53-29-27-26-28-52(53)57(66)61(56)55(65)33-60(32-45(5)70-37-49(9)74-41-51(11)72-39-47(7)68-35-43(3)63)58-31-44(4)69-36-48(8)73-40-50(10)71-38-46(6)67-34-42(2)62/h26-29,42-51,54,58,62-64H,12-25,30-41H2,1-11H3. The monoisotopic (exact) mass is 1050 g/mol. The first-order valence-corrected chi connectivity index (χ1v) is 28.4. The van der Waals surface area contributed by atoms with Gasteiger partial charge in [-0.15, -0.1) is 0 Å². The number of unbranched alkanes of at least 4 members (excludes halogenated alkanes) is 13. The van der Waals surface area contributed by atoms with Gasteiger partial charge in [-0.3, -0.25) is 15.0 Å². The van der Waals surface area contributed by atoms with Crippen molar-refractivity contribution >= 4 is 16.8 Å². The van der Waals surface area contributed by atoms with Gasteiger partial charge in [-0.1, -0.05) is 109 Å². The summed E-state index contributed by atoms with van der Waals surface area (Å²) in [5.74, 6) is -0.483. The van der Waals surface area contributed by atoms with Gasteiger partial charge in [0.2, 0.25) is 0 Å². The molecule has 0 saturated carbocycles. The van der Waals surface area contributed by atoms with E-state index in [1.54, 1.807) is 43.1 Å². The summed E-state index contributed by atoms with van der Waals surface area (Å²) in [5, 5.41) is 32.6. The molecule has 4 N–H and O–H groups in total. The molecule has 0 radical (unpaired) electrons. The Morgan fingerprint density at radius 2 is 0.919 bits per heavy atom. The van der Waals surface area contributed by atoms with Crippen LogP contribution in [-0.4, -0.2) is 169 Å². The number of carbonyl (C=O) groups excluding carboxylic acids is 1. The summed E-state index contributed by atoms with van der Waals surface area (Å²) in [7, 11) is 0. The number of benzene rings is 1. The highest BCUT2D eigenvalue weighted by molar-refractivity contribution is 5.85. The zero-order valence-corrected chi connectivity index (χ0v) is 47.8. The van der Waals surface area contributed by atoms with E-state index in [9.17, 15) is 24.9 Å². The van der Waals surface area contributed by atoms with Gasteiger partial charge in [0, 0.05) is 13.1 Å². The fourth-order valence-corrected chi connectivity index (χ4v) is 8.07. The average molecular weight is 1050 g/mol. The van der Waals surface area contributed by atoms with Gasteiger partial charge in [0.25, 0.3) is 11.5 Å². The molecule has 1 aromatic carbocycles. The van der Waals surface area contributed by atoms with Crippen molar-refractivity contribution in [2.45, 2.75) is 240 Å². The maximum atomic E-state index is 14.5.